The van der Waals surface area contributed by atoms with Gasteiger partial charge in [-0.3, -0.25) is 0 Å². The predicted octanol–water partition coefficient (Wildman–Crippen LogP) is 4.27. The van der Waals surface area contributed by atoms with Gasteiger partial charge in [0.15, 0.2) is 0 Å². The molecule has 0 bridgehead atoms. The molecule has 1 N–H and O–H groups in total. The average molecular weight is 247 g/mol. The second-order valence-corrected chi connectivity index (χ2v) is 6.98. The minimum Gasteiger partial charge on any atom is -0.485 e. The van der Waals surface area contributed by atoms with Crippen molar-refractivity contribution in [3.8, 4) is 5.75 Å². The van der Waals surface area contributed by atoms with Crippen LogP contribution < -0.4 is 10.1 Å². The van der Waals surface area contributed by atoms with E-state index in [2.05, 4.69) is 59.0 Å². The van der Waals surface area contributed by atoms with Crippen LogP contribution in [0.15, 0.2) is 12.1 Å². The van der Waals surface area contributed by atoms with Crippen LogP contribution in [0.1, 0.15) is 52.2 Å². The SMILES string of the molecule is Cc1cc2c(c(C(C)(C)C)c1)OC(C)(C)CCN2. The molecule has 2 heteroatoms. The van der Waals surface area contributed by atoms with Crippen molar-refractivity contribution in [1.29, 1.82) is 0 Å². The largest absolute Gasteiger partial charge is 0.485 e. The maximum atomic E-state index is 6.29. The zero-order valence-corrected chi connectivity index (χ0v) is 12.5. The lowest BCUT2D eigenvalue weighted by molar-refractivity contribution is 0.106. The third kappa shape index (κ3) is 2.63. The standard InChI is InChI=1S/C16H25NO/c1-11-9-12(15(2,3)4)14-13(10-11)17-8-7-16(5,6)18-14/h9-10,17H,7-8H2,1-6H3. The summed E-state index contributed by atoms with van der Waals surface area (Å²) in [6.45, 7) is 14.2. The molecule has 0 atom stereocenters. The minimum atomic E-state index is -0.104. The molecule has 0 aromatic heterocycles. The predicted molar refractivity (Wildman–Crippen MR) is 77.7 cm³/mol. The van der Waals surface area contributed by atoms with Crippen molar-refractivity contribution in [2.75, 3.05) is 11.9 Å². The number of hydrogen-bond acceptors (Lipinski definition) is 2. The van der Waals surface area contributed by atoms with E-state index in [4.69, 9.17) is 4.74 Å². The van der Waals surface area contributed by atoms with E-state index in [0.717, 1.165) is 24.4 Å². The van der Waals surface area contributed by atoms with Crippen LogP contribution in [0.25, 0.3) is 0 Å². The number of anilines is 1. The summed E-state index contributed by atoms with van der Waals surface area (Å²) in [5.74, 6) is 1.04. The fourth-order valence-corrected chi connectivity index (χ4v) is 2.40. The lowest BCUT2D eigenvalue weighted by Crippen LogP contribution is -2.29. The maximum Gasteiger partial charge on any atom is 0.146 e. The molecule has 0 spiro atoms. The second-order valence-electron chi connectivity index (χ2n) is 6.98. The smallest absolute Gasteiger partial charge is 0.146 e. The Balaban J connectivity index is 2.59. The van der Waals surface area contributed by atoms with Gasteiger partial charge in [0.1, 0.15) is 11.4 Å². The first-order valence-electron chi connectivity index (χ1n) is 6.77. The van der Waals surface area contributed by atoms with E-state index in [0.29, 0.717) is 0 Å². The zero-order valence-electron chi connectivity index (χ0n) is 12.5. The highest BCUT2D eigenvalue weighted by atomic mass is 16.5. The molecule has 2 nitrogen and oxygen atoms in total. The molecule has 0 amide bonds. The van der Waals surface area contributed by atoms with Gasteiger partial charge in [-0.1, -0.05) is 26.8 Å². The third-order valence-corrected chi connectivity index (χ3v) is 3.46. The van der Waals surface area contributed by atoms with E-state index in [-0.39, 0.29) is 11.0 Å². The molecule has 0 radical (unpaired) electrons. The summed E-state index contributed by atoms with van der Waals surface area (Å²) in [4.78, 5) is 0. The van der Waals surface area contributed by atoms with Crippen LogP contribution in [0.2, 0.25) is 0 Å². The van der Waals surface area contributed by atoms with Crippen molar-refractivity contribution in [2.45, 2.75) is 59.0 Å². The Bertz CT molecular complexity index is 455. The van der Waals surface area contributed by atoms with E-state index in [1.54, 1.807) is 0 Å². The molecule has 1 aliphatic heterocycles. The zero-order chi connectivity index (χ0) is 13.6. The third-order valence-electron chi connectivity index (χ3n) is 3.46. The molecule has 1 aromatic carbocycles. The van der Waals surface area contributed by atoms with Crippen molar-refractivity contribution in [1.82, 2.24) is 0 Å². The first kappa shape index (κ1) is 13.3. The highest BCUT2D eigenvalue weighted by Crippen LogP contribution is 2.41. The maximum absolute atomic E-state index is 6.29. The van der Waals surface area contributed by atoms with Gasteiger partial charge in [-0.05, 0) is 37.8 Å². The van der Waals surface area contributed by atoms with Crippen LogP contribution in [0.3, 0.4) is 0 Å². The molecule has 0 saturated heterocycles. The first-order valence-corrected chi connectivity index (χ1v) is 6.77. The van der Waals surface area contributed by atoms with Crippen molar-refractivity contribution in [2.24, 2.45) is 0 Å². The summed E-state index contributed by atoms with van der Waals surface area (Å²) < 4.78 is 6.29. The van der Waals surface area contributed by atoms with Crippen LogP contribution in [0, 0.1) is 6.92 Å². The molecule has 0 aliphatic carbocycles. The highest BCUT2D eigenvalue weighted by Gasteiger charge is 2.29. The summed E-state index contributed by atoms with van der Waals surface area (Å²) in [5.41, 5.74) is 3.71. The Kier molecular flexibility index (Phi) is 3.08. The quantitative estimate of drug-likeness (QED) is 0.739. The Morgan fingerprint density at radius 2 is 1.89 bits per heavy atom. The van der Waals surface area contributed by atoms with Crippen molar-refractivity contribution in [3.63, 3.8) is 0 Å². The topological polar surface area (TPSA) is 21.3 Å². The van der Waals surface area contributed by atoms with Crippen molar-refractivity contribution < 1.29 is 4.74 Å². The molecular weight excluding hydrogens is 222 g/mol. The van der Waals surface area contributed by atoms with Crippen LogP contribution in [0.5, 0.6) is 5.75 Å². The molecule has 100 valence electrons. The fraction of sp³-hybridized carbons (Fsp3) is 0.625. The Labute approximate surface area is 111 Å². The van der Waals surface area contributed by atoms with Gasteiger partial charge in [0.25, 0.3) is 0 Å². The van der Waals surface area contributed by atoms with E-state index in [1.165, 1.54) is 11.1 Å². The first-order chi connectivity index (χ1) is 8.19. The Hall–Kier alpha value is -1.18. The molecular formula is C16H25NO. The van der Waals surface area contributed by atoms with Gasteiger partial charge in [0.05, 0.1) is 5.69 Å². The van der Waals surface area contributed by atoms with Crippen LogP contribution >= 0.6 is 0 Å². The molecule has 18 heavy (non-hydrogen) atoms. The number of rotatable bonds is 0. The summed E-state index contributed by atoms with van der Waals surface area (Å²) in [6, 6.07) is 4.44. The van der Waals surface area contributed by atoms with Gasteiger partial charge >= 0.3 is 0 Å². The number of hydrogen-bond donors (Lipinski definition) is 1. The summed E-state index contributed by atoms with van der Waals surface area (Å²) >= 11 is 0. The van der Waals surface area contributed by atoms with Gasteiger partial charge in [-0.2, -0.15) is 0 Å². The summed E-state index contributed by atoms with van der Waals surface area (Å²) in [6.07, 6.45) is 1.02. The van der Waals surface area contributed by atoms with Gasteiger partial charge in [-0.25, -0.2) is 0 Å². The molecule has 1 aromatic rings. The lowest BCUT2D eigenvalue weighted by atomic mass is 9.85. The molecule has 0 saturated carbocycles. The van der Waals surface area contributed by atoms with Crippen molar-refractivity contribution in [3.05, 3.63) is 23.3 Å². The number of aryl methyl sites for hydroxylation is 1. The molecule has 1 aliphatic rings. The van der Waals surface area contributed by atoms with Crippen LogP contribution in [0.4, 0.5) is 5.69 Å². The lowest BCUT2D eigenvalue weighted by Gasteiger charge is -2.29. The van der Waals surface area contributed by atoms with Crippen LogP contribution in [-0.4, -0.2) is 12.1 Å². The number of fused-ring (bicyclic) bond motifs is 1. The number of nitrogens with one attached hydrogen (secondary N) is 1. The highest BCUT2D eigenvalue weighted by molar-refractivity contribution is 5.64. The minimum absolute atomic E-state index is 0.0954. The second kappa shape index (κ2) is 4.18. The van der Waals surface area contributed by atoms with E-state index in [1.807, 2.05) is 0 Å². The molecule has 1 heterocycles. The van der Waals surface area contributed by atoms with E-state index < -0.39 is 0 Å². The van der Waals surface area contributed by atoms with Gasteiger partial charge in [-0.15, -0.1) is 0 Å². The van der Waals surface area contributed by atoms with Crippen LogP contribution in [-0.2, 0) is 5.41 Å². The number of ether oxygens (including phenoxy) is 1. The molecule has 0 fully saturated rings. The molecule has 0 unspecified atom stereocenters. The number of benzene rings is 1. The Morgan fingerprint density at radius 1 is 1.22 bits per heavy atom. The fourth-order valence-electron chi connectivity index (χ4n) is 2.40. The van der Waals surface area contributed by atoms with Crippen molar-refractivity contribution >= 4 is 5.69 Å². The van der Waals surface area contributed by atoms with Gasteiger partial charge < -0.3 is 10.1 Å². The Morgan fingerprint density at radius 3 is 2.50 bits per heavy atom. The summed E-state index contributed by atoms with van der Waals surface area (Å²) in [7, 11) is 0. The van der Waals surface area contributed by atoms with Gasteiger partial charge in [0, 0.05) is 18.5 Å². The van der Waals surface area contributed by atoms with E-state index in [9.17, 15) is 0 Å². The van der Waals surface area contributed by atoms with E-state index >= 15 is 0 Å². The normalized spacial score (nSPS) is 18.3. The summed E-state index contributed by atoms with van der Waals surface area (Å²) in [5, 5.41) is 3.51. The monoisotopic (exact) mass is 247 g/mol. The molecule has 2 rings (SSSR count). The average Bonchev–Trinajstić information content (AvgIpc) is 2.32. The van der Waals surface area contributed by atoms with Gasteiger partial charge in [0.2, 0.25) is 0 Å².